The molecular weight excluding hydrogens is 404 g/mol. The smallest absolute Gasteiger partial charge is 0.124 e. The molecule has 1 aromatic heterocycles. The maximum atomic E-state index is 12.7. The van der Waals surface area contributed by atoms with Gasteiger partial charge in [0.05, 0.1) is 6.04 Å². The van der Waals surface area contributed by atoms with E-state index in [1.807, 2.05) is 0 Å². The number of fused-ring (bicyclic) bond motifs is 6. The minimum Gasteiger partial charge on any atom is -0.346 e. The van der Waals surface area contributed by atoms with Crippen LogP contribution in [-0.2, 0) is 24.8 Å². The first kappa shape index (κ1) is 22.2. The lowest BCUT2D eigenvalue weighted by Crippen LogP contribution is -2.55. The van der Waals surface area contributed by atoms with Crippen molar-refractivity contribution < 1.29 is 4.79 Å². The molecular formula is C30H36N2O. The Morgan fingerprint density at radius 1 is 1.06 bits per heavy atom. The van der Waals surface area contributed by atoms with E-state index in [0.29, 0.717) is 17.9 Å². The molecule has 3 heteroatoms. The molecule has 1 fully saturated rings. The van der Waals surface area contributed by atoms with Crippen molar-refractivity contribution >= 4 is 17.2 Å². The summed E-state index contributed by atoms with van der Waals surface area (Å²) in [6, 6.07) is 20.2. The van der Waals surface area contributed by atoms with Crippen molar-refractivity contribution in [3.8, 4) is 0 Å². The van der Waals surface area contributed by atoms with Gasteiger partial charge in [-0.05, 0) is 54.7 Å². The third-order valence-electron chi connectivity index (χ3n) is 8.26. The molecule has 0 N–H and O–H groups in total. The highest BCUT2D eigenvalue weighted by Gasteiger charge is 2.49. The number of rotatable bonds is 7. The summed E-state index contributed by atoms with van der Waals surface area (Å²) in [4.78, 5) is 15.3. The Morgan fingerprint density at radius 3 is 2.55 bits per heavy atom. The molecule has 2 aromatic carbocycles. The molecule has 1 unspecified atom stereocenters. The molecule has 1 saturated heterocycles. The number of aldehydes is 1. The molecule has 5 atom stereocenters. The van der Waals surface area contributed by atoms with Crippen LogP contribution in [-0.4, -0.2) is 21.8 Å². The lowest BCUT2D eigenvalue weighted by molar-refractivity contribution is -0.122. The quantitative estimate of drug-likeness (QED) is 0.311. The second-order valence-electron chi connectivity index (χ2n) is 9.91. The van der Waals surface area contributed by atoms with E-state index in [-0.39, 0.29) is 12.0 Å². The number of carbonyl (C=O) groups is 1. The van der Waals surface area contributed by atoms with Gasteiger partial charge in [0.2, 0.25) is 0 Å². The summed E-state index contributed by atoms with van der Waals surface area (Å²) in [6.45, 7) is 5.37. The van der Waals surface area contributed by atoms with Crippen LogP contribution in [0.4, 0.5) is 0 Å². The van der Waals surface area contributed by atoms with E-state index in [9.17, 15) is 4.79 Å². The largest absolute Gasteiger partial charge is 0.346 e. The summed E-state index contributed by atoms with van der Waals surface area (Å²) in [5.74, 6) is 0.910. The summed E-state index contributed by atoms with van der Waals surface area (Å²) in [7, 11) is 2.23. The van der Waals surface area contributed by atoms with Crippen molar-refractivity contribution in [3.63, 3.8) is 0 Å². The Morgan fingerprint density at radius 2 is 1.82 bits per heavy atom. The number of hydrogen-bond donors (Lipinski definition) is 0. The number of carbonyl (C=O) groups excluding carboxylic acids is 1. The van der Waals surface area contributed by atoms with Crippen molar-refractivity contribution in [2.24, 2.45) is 24.8 Å². The van der Waals surface area contributed by atoms with Gasteiger partial charge in [-0.3, -0.25) is 4.90 Å². The maximum Gasteiger partial charge on any atom is 0.124 e. The number of hydrogen-bond acceptors (Lipinski definition) is 2. The van der Waals surface area contributed by atoms with Crippen LogP contribution in [0.15, 0.2) is 66.7 Å². The highest BCUT2D eigenvalue weighted by atomic mass is 16.1. The fraction of sp³-hybridized carbons (Fsp3) is 0.433. The average Bonchev–Trinajstić information content (AvgIpc) is 3.12. The van der Waals surface area contributed by atoms with E-state index in [2.05, 4.69) is 97.1 Å². The van der Waals surface area contributed by atoms with Gasteiger partial charge < -0.3 is 9.36 Å². The zero-order valence-electron chi connectivity index (χ0n) is 20.2. The van der Waals surface area contributed by atoms with E-state index in [1.54, 1.807) is 0 Å². The van der Waals surface area contributed by atoms with Gasteiger partial charge in [-0.2, -0.15) is 0 Å². The monoisotopic (exact) mass is 440 g/mol. The molecule has 33 heavy (non-hydrogen) atoms. The fourth-order valence-corrected chi connectivity index (χ4v) is 6.72. The first-order valence-corrected chi connectivity index (χ1v) is 12.7. The van der Waals surface area contributed by atoms with Crippen LogP contribution in [0.2, 0.25) is 0 Å². The number of nitrogens with zero attached hydrogens (tertiary/aromatic N) is 2. The molecule has 2 bridgehead atoms. The molecule has 172 valence electrons. The van der Waals surface area contributed by atoms with Crippen LogP contribution in [0.5, 0.6) is 0 Å². The average molecular weight is 441 g/mol. The summed E-state index contributed by atoms with van der Waals surface area (Å²) in [5, 5.41) is 1.37. The van der Waals surface area contributed by atoms with Crippen molar-refractivity contribution in [1.82, 2.24) is 9.47 Å². The predicted molar refractivity (Wildman–Crippen MR) is 136 cm³/mol. The van der Waals surface area contributed by atoms with Crippen molar-refractivity contribution in [3.05, 3.63) is 83.6 Å². The molecule has 3 heterocycles. The summed E-state index contributed by atoms with van der Waals surface area (Å²) in [5.41, 5.74) is 5.57. The maximum absolute atomic E-state index is 12.7. The number of aromatic nitrogens is 1. The van der Waals surface area contributed by atoms with Gasteiger partial charge in [-0.1, -0.05) is 74.5 Å². The first-order valence-electron chi connectivity index (χ1n) is 12.7. The van der Waals surface area contributed by atoms with Crippen LogP contribution >= 0.6 is 0 Å². The zero-order valence-corrected chi connectivity index (χ0v) is 20.2. The fourth-order valence-electron chi connectivity index (χ4n) is 6.72. The van der Waals surface area contributed by atoms with Crippen LogP contribution in [0.3, 0.4) is 0 Å². The van der Waals surface area contributed by atoms with Crippen molar-refractivity contribution in [1.29, 1.82) is 0 Å². The Labute approximate surface area is 198 Å². The highest BCUT2D eigenvalue weighted by molar-refractivity contribution is 5.86. The molecule has 5 rings (SSSR count). The minimum absolute atomic E-state index is 0.0588. The number of piperidine rings is 1. The third kappa shape index (κ3) is 3.77. The Bertz CT molecular complexity index is 1140. The highest BCUT2D eigenvalue weighted by Crippen LogP contribution is 2.51. The third-order valence-corrected chi connectivity index (χ3v) is 8.26. The van der Waals surface area contributed by atoms with E-state index in [1.165, 1.54) is 34.0 Å². The summed E-state index contributed by atoms with van der Waals surface area (Å²) >= 11 is 0. The second kappa shape index (κ2) is 9.30. The van der Waals surface area contributed by atoms with Gasteiger partial charge in [0.15, 0.2) is 0 Å². The second-order valence-corrected chi connectivity index (χ2v) is 9.91. The van der Waals surface area contributed by atoms with Gasteiger partial charge in [-0.15, -0.1) is 0 Å². The van der Waals surface area contributed by atoms with Crippen LogP contribution in [0, 0.1) is 17.8 Å². The van der Waals surface area contributed by atoms with Gasteiger partial charge in [-0.25, -0.2) is 0 Å². The first-order chi connectivity index (χ1) is 16.2. The molecule has 3 aromatic rings. The molecule has 2 aliphatic rings. The van der Waals surface area contributed by atoms with Gasteiger partial charge >= 0.3 is 0 Å². The van der Waals surface area contributed by atoms with E-state index in [0.717, 1.165) is 32.2 Å². The van der Waals surface area contributed by atoms with Crippen LogP contribution in [0.1, 0.15) is 56.0 Å². The summed E-state index contributed by atoms with van der Waals surface area (Å²) < 4.78 is 2.44. The molecule has 2 aliphatic heterocycles. The molecule has 0 spiro atoms. The van der Waals surface area contributed by atoms with Crippen LogP contribution < -0.4 is 0 Å². The number of allylic oxidation sites excluding steroid dienone is 2. The molecule has 0 saturated carbocycles. The topological polar surface area (TPSA) is 25.2 Å². The Hall–Kier alpha value is -2.65. The molecule has 0 amide bonds. The Kier molecular flexibility index (Phi) is 6.25. The van der Waals surface area contributed by atoms with Crippen molar-refractivity contribution in [2.75, 3.05) is 0 Å². The van der Waals surface area contributed by atoms with Crippen LogP contribution in [0.25, 0.3) is 10.9 Å². The van der Waals surface area contributed by atoms with Gasteiger partial charge in [0.1, 0.15) is 6.29 Å². The normalized spacial score (nSPS) is 25.9. The SMILES string of the molecule is CC/C=C/C(CC)[C@H]1C[C@@H]2c3c(c4ccccc4n3C)C[C@H]([C@@H]1C=O)N2Cc1ccccc1. The lowest BCUT2D eigenvalue weighted by Gasteiger charge is -2.53. The zero-order chi connectivity index (χ0) is 22.9. The number of aryl methyl sites for hydroxylation is 1. The van der Waals surface area contributed by atoms with Crippen molar-refractivity contribution in [2.45, 2.75) is 58.2 Å². The minimum atomic E-state index is 0.0588. The van der Waals surface area contributed by atoms with Gasteiger partial charge in [0, 0.05) is 42.1 Å². The van der Waals surface area contributed by atoms with E-state index >= 15 is 0 Å². The van der Waals surface area contributed by atoms with E-state index < -0.39 is 0 Å². The Balaban J connectivity index is 1.63. The number of benzene rings is 2. The lowest BCUT2D eigenvalue weighted by atomic mass is 9.65. The van der Waals surface area contributed by atoms with Gasteiger partial charge in [0.25, 0.3) is 0 Å². The van der Waals surface area contributed by atoms with E-state index in [4.69, 9.17) is 0 Å². The molecule has 0 aliphatic carbocycles. The predicted octanol–water partition coefficient (Wildman–Crippen LogP) is 6.47. The molecule has 3 nitrogen and oxygen atoms in total. The molecule has 0 radical (unpaired) electrons. The standard InChI is InChI=1S/C30H36N2O/c1-4-6-14-22(5-2)24-17-29-30-25(23-15-10-11-16-27(23)31(30)3)18-28(26(24)20-33)32(29)19-21-12-8-7-9-13-21/h6-16,20,22,24,26,28-29H,4-5,17-19H2,1-3H3/b14-6+/t22?,24-,26-,28-,29-/m1/s1. The summed E-state index contributed by atoms with van der Waals surface area (Å²) in [6.07, 6.45) is 10.1. The number of para-hydroxylation sites is 1.